The Morgan fingerprint density at radius 3 is 2.24 bits per heavy atom. The van der Waals surface area contributed by atoms with Crippen LogP contribution in [0, 0.1) is 6.92 Å². The number of ether oxygens (including phenoxy) is 1. The number of sulfonamides is 1. The lowest BCUT2D eigenvalue weighted by Gasteiger charge is -2.34. The number of nitrogens with zero attached hydrogens (tertiary/aromatic N) is 2. The van der Waals surface area contributed by atoms with Gasteiger partial charge in [0.2, 0.25) is 11.8 Å². The van der Waals surface area contributed by atoms with Crippen LogP contribution in [0.4, 0.5) is 5.69 Å². The van der Waals surface area contributed by atoms with Crippen molar-refractivity contribution < 1.29 is 22.7 Å². The third-order valence-electron chi connectivity index (χ3n) is 7.40. The number of hydrogen-bond donors (Lipinski definition) is 1. The Bertz CT molecular complexity index is 1750. The molecule has 0 unspecified atom stereocenters. The highest BCUT2D eigenvalue weighted by Gasteiger charge is 2.35. The number of benzene rings is 4. The molecule has 0 heterocycles. The maximum absolute atomic E-state index is 14.6. The van der Waals surface area contributed by atoms with Gasteiger partial charge in [-0.25, -0.2) is 8.42 Å². The van der Waals surface area contributed by atoms with Gasteiger partial charge >= 0.3 is 0 Å². The van der Waals surface area contributed by atoms with Gasteiger partial charge in [0.15, 0.2) is 0 Å². The van der Waals surface area contributed by atoms with Crippen molar-refractivity contribution in [1.29, 1.82) is 0 Å². The Kier molecular flexibility index (Phi) is 12.1. The summed E-state index contributed by atoms with van der Waals surface area (Å²) in [6.07, 6.45) is 0.901. The zero-order valence-corrected chi connectivity index (χ0v) is 28.3. The quantitative estimate of drug-likeness (QED) is 0.160. The number of nitrogens with one attached hydrogen (secondary N) is 1. The van der Waals surface area contributed by atoms with Gasteiger partial charge in [-0.1, -0.05) is 96.4 Å². The van der Waals surface area contributed by atoms with E-state index in [-0.39, 0.29) is 39.5 Å². The number of methoxy groups -OCH3 is 1. The van der Waals surface area contributed by atoms with Crippen LogP contribution >= 0.6 is 23.2 Å². The van der Waals surface area contributed by atoms with E-state index in [1.54, 1.807) is 43.5 Å². The van der Waals surface area contributed by atoms with Gasteiger partial charge < -0.3 is 15.0 Å². The van der Waals surface area contributed by atoms with Crippen LogP contribution in [0.1, 0.15) is 30.0 Å². The normalized spacial score (nSPS) is 11.8. The number of aryl methyl sites for hydroxylation is 1. The highest BCUT2D eigenvalue weighted by molar-refractivity contribution is 7.92. The Labute approximate surface area is 280 Å². The van der Waals surface area contributed by atoms with E-state index in [0.29, 0.717) is 24.3 Å². The average molecular weight is 683 g/mol. The van der Waals surface area contributed by atoms with E-state index in [0.717, 1.165) is 15.4 Å². The first-order valence-corrected chi connectivity index (χ1v) is 17.0. The first kappa shape index (κ1) is 34.8. The molecule has 1 N–H and O–H groups in total. The molecule has 242 valence electrons. The second-order valence-corrected chi connectivity index (χ2v) is 13.4. The van der Waals surface area contributed by atoms with Gasteiger partial charge in [-0.15, -0.1) is 0 Å². The molecule has 8 nitrogen and oxygen atoms in total. The zero-order chi connectivity index (χ0) is 33.3. The predicted molar refractivity (Wildman–Crippen MR) is 183 cm³/mol. The first-order valence-electron chi connectivity index (χ1n) is 14.8. The number of rotatable bonds is 14. The molecule has 4 rings (SSSR count). The molecule has 0 aliphatic carbocycles. The van der Waals surface area contributed by atoms with Crippen molar-refractivity contribution in [2.24, 2.45) is 0 Å². The Morgan fingerprint density at radius 2 is 1.57 bits per heavy atom. The molecular formula is C35H37Cl2N3O5S. The molecule has 2 amide bonds. The van der Waals surface area contributed by atoms with Gasteiger partial charge in [0.1, 0.15) is 18.3 Å². The largest absolute Gasteiger partial charge is 0.497 e. The molecule has 0 saturated carbocycles. The van der Waals surface area contributed by atoms with E-state index < -0.39 is 28.5 Å². The van der Waals surface area contributed by atoms with E-state index in [1.165, 1.54) is 29.2 Å². The van der Waals surface area contributed by atoms with Crippen molar-refractivity contribution >= 4 is 50.7 Å². The molecule has 0 aliphatic rings. The summed E-state index contributed by atoms with van der Waals surface area (Å²) >= 11 is 12.9. The van der Waals surface area contributed by atoms with Crippen LogP contribution in [0.5, 0.6) is 5.75 Å². The number of hydrogen-bond acceptors (Lipinski definition) is 5. The topological polar surface area (TPSA) is 96.0 Å². The summed E-state index contributed by atoms with van der Waals surface area (Å²) in [6, 6.07) is 26.5. The zero-order valence-electron chi connectivity index (χ0n) is 26.0. The van der Waals surface area contributed by atoms with Crippen LogP contribution in [-0.2, 0) is 32.6 Å². The SMILES string of the molecule is CCCNC(=O)[C@H](Cc1ccccc1)N(Cc1cccc(OC)c1)C(=O)CN(c1cccc(Cl)c1Cl)S(=O)(=O)c1ccc(C)cc1. The number of halogens is 2. The van der Waals surface area contributed by atoms with Crippen LogP contribution in [0.25, 0.3) is 0 Å². The first-order chi connectivity index (χ1) is 22.0. The molecule has 4 aromatic carbocycles. The minimum absolute atomic E-state index is 0.00871. The molecule has 4 aromatic rings. The van der Waals surface area contributed by atoms with Crippen molar-refractivity contribution in [3.05, 3.63) is 124 Å². The van der Waals surface area contributed by atoms with E-state index in [9.17, 15) is 18.0 Å². The molecule has 46 heavy (non-hydrogen) atoms. The minimum Gasteiger partial charge on any atom is -0.497 e. The molecule has 0 fully saturated rings. The molecular weight excluding hydrogens is 645 g/mol. The van der Waals surface area contributed by atoms with Crippen LogP contribution in [-0.4, -0.2) is 51.4 Å². The molecule has 0 spiro atoms. The molecule has 0 aromatic heterocycles. The summed E-state index contributed by atoms with van der Waals surface area (Å²) in [4.78, 5) is 29.7. The van der Waals surface area contributed by atoms with E-state index in [4.69, 9.17) is 27.9 Å². The fraction of sp³-hybridized carbons (Fsp3) is 0.257. The van der Waals surface area contributed by atoms with Crippen LogP contribution in [0.3, 0.4) is 0 Å². The third-order valence-corrected chi connectivity index (χ3v) is 9.98. The lowest BCUT2D eigenvalue weighted by Crippen LogP contribution is -2.53. The van der Waals surface area contributed by atoms with E-state index >= 15 is 0 Å². The second kappa shape index (κ2) is 16.0. The van der Waals surface area contributed by atoms with Gasteiger partial charge in [-0.3, -0.25) is 13.9 Å². The molecule has 0 aliphatic heterocycles. The fourth-order valence-electron chi connectivity index (χ4n) is 4.92. The molecule has 0 saturated heterocycles. The fourth-order valence-corrected chi connectivity index (χ4v) is 6.80. The van der Waals surface area contributed by atoms with Gasteiger partial charge in [0, 0.05) is 19.5 Å². The third kappa shape index (κ3) is 8.60. The summed E-state index contributed by atoms with van der Waals surface area (Å²) < 4.78 is 34.8. The average Bonchev–Trinajstić information content (AvgIpc) is 3.06. The van der Waals surface area contributed by atoms with Crippen LogP contribution < -0.4 is 14.4 Å². The van der Waals surface area contributed by atoms with Crippen LogP contribution in [0.2, 0.25) is 10.0 Å². The molecule has 0 bridgehead atoms. The van der Waals surface area contributed by atoms with E-state index in [1.807, 2.05) is 50.2 Å². The van der Waals surface area contributed by atoms with Crippen molar-refractivity contribution in [2.75, 3.05) is 24.5 Å². The monoisotopic (exact) mass is 681 g/mol. The van der Waals surface area contributed by atoms with Crippen molar-refractivity contribution in [3.63, 3.8) is 0 Å². The molecule has 11 heteroatoms. The maximum atomic E-state index is 14.6. The van der Waals surface area contributed by atoms with Crippen LogP contribution in [0.15, 0.2) is 102 Å². The standard InChI is InChI=1S/C35H37Cl2N3O5S/c1-4-20-38-35(42)32(22-26-10-6-5-7-11-26)39(23-27-12-8-13-28(21-27)45-3)33(41)24-40(31-15-9-14-30(36)34(31)37)46(43,44)29-18-16-25(2)17-19-29/h5-19,21,32H,4,20,22-24H2,1-3H3,(H,38,42)/t32-/m0/s1. The number of amides is 2. The minimum atomic E-state index is -4.32. The maximum Gasteiger partial charge on any atom is 0.264 e. The number of carbonyl (C=O) groups excluding carboxylic acids is 2. The smallest absolute Gasteiger partial charge is 0.264 e. The summed E-state index contributed by atoms with van der Waals surface area (Å²) in [5.41, 5.74) is 2.44. The van der Waals surface area contributed by atoms with Crippen molar-refractivity contribution in [3.8, 4) is 5.75 Å². The summed E-state index contributed by atoms with van der Waals surface area (Å²) in [5, 5.41) is 3.04. The lowest BCUT2D eigenvalue weighted by molar-refractivity contribution is -0.140. The second-order valence-electron chi connectivity index (χ2n) is 10.8. The van der Waals surface area contributed by atoms with Gasteiger partial charge in [0.25, 0.3) is 10.0 Å². The Balaban J connectivity index is 1.83. The highest BCUT2D eigenvalue weighted by atomic mass is 35.5. The van der Waals surface area contributed by atoms with E-state index in [2.05, 4.69) is 5.32 Å². The molecule has 0 radical (unpaired) electrons. The molecule has 1 atom stereocenters. The Hall–Kier alpha value is -4.05. The predicted octanol–water partition coefficient (Wildman–Crippen LogP) is 6.67. The number of carbonyl (C=O) groups is 2. The number of anilines is 1. The van der Waals surface area contributed by atoms with Gasteiger partial charge in [-0.2, -0.15) is 0 Å². The summed E-state index contributed by atoms with van der Waals surface area (Å²) in [7, 11) is -2.78. The van der Waals surface area contributed by atoms with Crippen molar-refractivity contribution in [2.45, 2.75) is 44.2 Å². The highest BCUT2D eigenvalue weighted by Crippen LogP contribution is 2.35. The summed E-state index contributed by atoms with van der Waals surface area (Å²) in [6.45, 7) is 3.56. The van der Waals surface area contributed by atoms with Crippen molar-refractivity contribution in [1.82, 2.24) is 10.2 Å². The summed E-state index contributed by atoms with van der Waals surface area (Å²) in [5.74, 6) is -0.382. The van der Waals surface area contributed by atoms with Gasteiger partial charge in [-0.05, 0) is 60.9 Å². The lowest BCUT2D eigenvalue weighted by atomic mass is 10.0. The van der Waals surface area contributed by atoms with Gasteiger partial charge in [0.05, 0.1) is 27.7 Å². The Morgan fingerprint density at radius 1 is 0.891 bits per heavy atom.